The third-order valence-electron chi connectivity index (χ3n) is 2.84. The maximum Gasteiger partial charge on any atom is 0.326 e. The summed E-state index contributed by atoms with van der Waals surface area (Å²) in [5.74, 6) is -3.04. The molecule has 1 rings (SSSR count). The van der Waals surface area contributed by atoms with Gasteiger partial charge < -0.3 is 10.8 Å². The van der Waals surface area contributed by atoms with Gasteiger partial charge in [0.15, 0.2) is 0 Å². The Morgan fingerprint density at radius 1 is 1.39 bits per heavy atom. The maximum absolute atomic E-state index is 11.7. The van der Waals surface area contributed by atoms with Crippen molar-refractivity contribution >= 4 is 23.7 Å². The van der Waals surface area contributed by atoms with Gasteiger partial charge in [-0.05, 0) is 12.3 Å². The van der Waals surface area contributed by atoms with Crippen molar-refractivity contribution < 1.29 is 24.3 Å². The molecule has 100 valence electrons. The van der Waals surface area contributed by atoms with Crippen LogP contribution in [0.3, 0.4) is 0 Å². The fraction of sp³-hybridized carbons (Fsp3) is 0.636. The van der Waals surface area contributed by atoms with Crippen molar-refractivity contribution in [2.45, 2.75) is 38.6 Å². The summed E-state index contributed by atoms with van der Waals surface area (Å²) in [6, 6.07) is -1.30. The zero-order valence-electron chi connectivity index (χ0n) is 10.1. The summed E-state index contributed by atoms with van der Waals surface area (Å²) in [7, 11) is 0. The number of nitrogens with zero attached hydrogens (tertiary/aromatic N) is 1. The van der Waals surface area contributed by atoms with Gasteiger partial charge in [-0.25, -0.2) is 4.79 Å². The number of piperidine rings is 1. The lowest BCUT2D eigenvalue weighted by Crippen LogP contribution is -2.52. The second-order valence-electron chi connectivity index (χ2n) is 4.53. The number of nitrogens with two attached hydrogens (primary N) is 1. The molecule has 7 nitrogen and oxygen atoms in total. The first kappa shape index (κ1) is 14.1. The number of likely N-dealkylation sites (tertiary alicyclic amines) is 1. The number of hydrogen-bond acceptors (Lipinski definition) is 4. The Morgan fingerprint density at radius 3 is 2.28 bits per heavy atom. The standard InChI is InChI=1S/C11H16N2O5/c1-6-4-9(15)13(10(16)5-6)7(11(17)18)2-3-8(12)14/h6-7H,2-5H2,1H3,(H2,12,14)(H,17,18). The molecule has 0 aliphatic carbocycles. The van der Waals surface area contributed by atoms with Crippen molar-refractivity contribution in [3.63, 3.8) is 0 Å². The summed E-state index contributed by atoms with van der Waals surface area (Å²) in [5.41, 5.74) is 4.94. The fourth-order valence-electron chi connectivity index (χ4n) is 1.99. The number of rotatable bonds is 5. The first-order valence-electron chi connectivity index (χ1n) is 5.69. The highest BCUT2D eigenvalue weighted by atomic mass is 16.4. The average Bonchev–Trinajstić information content (AvgIpc) is 2.20. The molecule has 1 fully saturated rings. The molecule has 0 saturated carbocycles. The Balaban J connectivity index is 2.84. The smallest absolute Gasteiger partial charge is 0.326 e. The number of carbonyl (C=O) groups is 4. The number of hydrogen-bond donors (Lipinski definition) is 2. The van der Waals surface area contributed by atoms with Crippen molar-refractivity contribution in [3.05, 3.63) is 0 Å². The molecule has 0 aromatic heterocycles. The number of imide groups is 1. The van der Waals surface area contributed by atoms with Gasteiger partial charge >= 0.3 is 5.97 Å². The van der Waals surface area contributed by atoms with E-state index in [1.807, 2.05) is 0 Å². The Morgan fingerprint density at radius 2 is 1.89 bits per heavy atom. The molecule has 0 aromatic rings. The molecule has 1 aliphatic heterocycles. The summed E-state index contributed by atoms with van der Waals surface area (Å²) < 4.78 is 0. The number of carboxylic acids is 1. The lowest BCUT2D eigenvalue weighted by molar-refractivity contribution is -0.162. The molecule has 1 aliphatic rings. The van der Waals surface area contributed by atoms with Gasteiger partial charge in [0.05, 0.1) is 0 Å². The predicted molar refractivity (Wildman–Crippen MR) is 60.1 cm³/mol. The number of carboxylic acid groups (broad SMARTS) is 1. The van der Waals surface area contributed by atoms with Crippen LogP contribution in [-0.4, -0.2) is 39.7 Å². The monoisotopic (exact) mass is 256 g/mol. The largest absolute Gasteiger partial charge is 0.480 e. The van der Waals surface area contributed by atoms with Crippen LogP contribution in [0.5, 0.6) is 0 Å². The maximum atomic E-state index is 11.7. The topological polar surface area (TPSA) is 118 Å². The Kier molecular flexibility index (Phi) is 4.41. The Labute approximate surface area is 104 Å². The van der Waals surface area contributed by atoms with Gasteiger partial charge in [-0.3, -0.25) is 19.3 Å². The summed E-state index contributed by atoms with van der Waals surface area (Å²) in [5, 5.41) is 9.04. The molecule has 0 radical (unpaired) electrons. The predicted octanol–water partition coefficient (Wildman–Crippen LogP) is -0.510. The molecule has 0 spiro atoms. The van der Waals surface area contributed by atoms with E-state index >= 15 is 0 Å². The van der Waals surface area contributed by atoms with E-state index in [-0.39, 0.29) is 31.6 Å². The molecular weight excluding hydrogens is 240 g/mol. The van der Waals surface area contributed by atoms with E-state index in [1.54, 1.807) is 6.92 Å². The van der Waals surface area contributed by atoms with Crippen LogP contribution in [0.1, 0.15) is 32.6 Å². The number of amides is 3. The second-order valence-corrected chi connectivity index (χ2v) is 4.53. The van der Waals surface area contributed by atoms with Gasteiger partial charge in [-0.2, -0.15) is 0 Å². The van der Waals surface area contributed by atoms with Gasteiger partial charge in [0.2, 0.25) is 17.7 Å². The molecular formula is C11H16N2O5. The normalized spacial score (nSPS) is 18.8. The van der Waals surface area contributed by atoms with E-state index < -0.39 is 29.7 Å². The van der Waals surface area contributed by atoms with E-state index in [0.717, 1.165) is 4.90 Å². The number of carbonyl (C=O) groups excluding carboxylic acids is 3. The van der Waals surface area contributed by atoms with Crippen LogP contribution in [0.15, 0.2) is 0 Å². The van der Waals surface area contributed by atoms with E-state index in [4.69, 9.17) is 10.8 Å². The molecule has 1 unspecified atom stereocenters. The first-order valence-corrected chi connectivity index (χ1v) is 5.69. The van der Waals surface area contributed by atoms with Crippen molar-refractivity contribution in [3.8, 4) is 0 Å². The first-order chi connectivity index (χ1) is 8.32. The molecule has 7 heteroatoms. The lowest BCUT2D eigenvalue weighted by atomic mass is 9.95. The highest BCUT2D eigenvalue weighted by Crippen LogP contribution is 2.22. The van der Waals surface area contributed by atoms with Crippen LogP contribution < -0.4 is 5.73 Å². The van der Waals surface area contributed by atoms with Gasteiger partial charge in [-0.1, -0.05) is 6.92 Å². The van der Waals surface area contributed by atoms with Crippen molar-refractivity contribution in [2.75, 3.05) is 0 Å². The van der Waals surface area contributed by atoms with Crippen LogP contribution in [0.4, 0.5) is 0 Å². The molecule has 3 N–H and O–H groups in total. The lowest BCUT2D eigenvalue weighted by Gasteiger charge is -2.32. The summed E-state index contributed by atoms with van der Waals surface area (Å²) >= 11 is 0. The van der Waals surface area contributed by atoms with Gasteiger partial charge in [0.1, 0.15) is 6.04 Å². The zero-order chi connectivity index (χ0) is 13.9. The molecule has 0 aromatic carbocycles. The minimum absolute atomic E-state index is 0.0770. The average molecular weight is 256 g/mol. The molecule has 1 heterocycles. The summed E-state index contributed by atoms with van der Waals surface area (Å²) in [6.07, 6.45) is -0.0295. The minimum Gasteiger partial charge on any atom is -0.480 e. The van der Waals surface area contributed by atoms with Crippen LogP contribution in [-0.2, 0) is 19.2 Å². The molecule has 1 saturated heterocycles. The third kappa shape index (κ3) is 3.28. The number of primary amides is 1. The van der Waals surface area contributed by atoms with E-state index in [2.05, 4.69) is 0 Å². The summed E-state index contributed by atoms with van der Waals surface area (Å²) in [4.78, 5) is 46.0. The Bertz CT molecular complexity index is 375. The van der Waals surface area contributed by atoms with Crippen molar-refractivity contribution in [1.29, 1.82) is 0 Å². The SMILES string of the molecule is CC1CC(=O)N(C(CCC(N)=O)C(=O)O)C(=O)C1. The van der Waals surface area contributed by atoms with Crippen molar-refractivity contribution in [1.82, 2.24) is 4.90 Å². The molecule has 1 atom stereocenters. The van der Waals surface area contributed by atoms with Crippen LogP contribution in [0, 0.1) is 5.92 Å². The minimum atomic E-state index is -1.30. The zero-order valence-corrected chi connectivity index (χ0v) is 10.1. The van der Waals surface area contributed by atoms with Crippen LogP contribution in [0.2, 0.25) is 0 Å². The van der Waals surface area contributed by atoms with E-state index in [9.17, 15) is 19.2 Å². The fourth-order valence-corrected chi connectivity index (χ4v) is 1.99. The molecule has 18 heavy (non-hydrogen) atoms. The van der Waals surface area contributed by atoms with Gasteiger partial charge in [-0.15, -0.1) is 0 Å². The van der Waals surface area contributed by atoms with Crippen LogP contribution in [0.25, 0.3) is 0 Å². The highest BCUT2D eigenvalue weighted by molar-refractivity contribution is 6.01. The van der Waals surface area contributed by atoms with E-state index in [0.29, 0.717) is 0 Å². The van der Waals surface area contributed by atoms with E-state index in [1.165, 1.54) is 0 Å². The molecule has 0 bridgehead atoms. The van der Waals surface area contributed by atoms with Crippen LogP contribution >= 0.6 is 0 Å². The highest BCUT2D eigenvalue weighted by Gasteiger charge is 2.38. The third-order valence-corrected chi connectivity index (χ3v) is 2.84. The second kappa shape index (κ2) is 5.61. The molecule has 3 amide bonds. The van der Waals surface area contributed by atoms with Gasteiger partial charge in [0.25, 0.3) is 0 Å². The quantitative estimate of drug-likeness (QED) is 0.642. The summed E-state index contributed by atoms with van der Waals surface area (Å²) in [6.45, 7) is 1.76. The van der Waals surface area contributed by atoms with Crippen molar-refractivity contribution in [2.24, 2.45) is 11.7 Å². The number of aliphatic carboxylic acids is 1. The Hall–Kier alpha value is -1.92. The van der Waals surface area contributed by atoms with Gasteiger partial charge in [0, 0.05) is 19.3 Å².